The molecule has 0 aliphatic rings. The zero-order valence-corrected chi connectivity index (χ0v) is 25.8. The Morgan fingerprint density at radius 2 is 1.70 bits per heavy atom. The lowest BCUT2D eigenvalue weighted by Gasteiger charge is -2.33. The minimum absolute atomic E-state index is 0.0907. The number of hydrogen-bond acceptors (Lipinski definition) is 5. The third kappa shape index (κ3) is 8.71. The summed E-state index contributed by atoms with van der Waals surface area (Å²) >= 11 is 9.61. The average molecular weight is 651 g/mol. The smallest absolute Gasteiger partial charge is 0.244 e. The average Bonchev–Trinajstić information content (AvgIpc) is 2.93. The van der Waals surface area contributed by atoms with Crippen LogP contribution in [-0.2, 0) is 32.6 Å². The number of ether oxygens (including phenoxy) is 1. The number of sulfonamides is 1. The van der Waals surface area contributed by atoms with Crippen LogP contribution in [0.5, 0.6) is 5.75 Å². The second kappa shape index (κ2) is 14.5. The van der Waals surface area contributed by atoms with E-state index in [1.807, 2.05) is 61.5 Å². The van der Waals surface area contributed by atoms with Crippen molar-refractivity contribution in [2.24, 2.45) is 0 Å². The summed E-state index contributed by atoms with van der Waals surface area (Å²) in [5.41, 5.74) is 1.78. The number of anilines is 1. The number of hydrogen-bond donors (Lipinski definition) is 1. The highest BCUT2D eigenvalue weighted by Crippen LogP contribution is 2.33. The summed E-state index contributed by atoms with van der Waals surface area (Å²) in [4.78, 5) is 29.0. The molecule has 1 atom stereocenters. The van der Waals surface area contributed by atoms with E-state index in [4.69, 9.17) is 16.3 Å². The Bertz CT molecular complexity index is 1400. The standard InChI is InChI=1S/C29H33BrClN3O5S/c1-4-16-32-29(36)26(17-21-8-6-5-7-9-21)33(19-22-10-12-23(30)13-11-22)28(35)20-34(40(3,37)38)25-18-24(31)14-15-27(25)39-2/h5-15,18,26H,4,16-17,19-20H2,1-3H3,(H,32,36)/t26-/m1/s1. The fourth-order valence-electron chi connectivity index (χ4n) is 4.16. The maximum absolute atomic E-state index is 14.1. The zero-order chi connectivity index (χ0) is 29.3. The molecule has 0 saturated heterocycles. The molecule has 3 aromatic rings. The molecule has 0 unspecified atom stereocenters. The van der Waals surface area contributed by atoms with Gasteiger partial charge in [0, 0.05) is 29.0 Å². The summed E-state index contributed by atoms with van der Waals surface area (Å²) in [5.74, 6) is -0.631. The predicted octanol–water partition coefficient (Wildman–Crippen LogP) is 5.04. The quantitative estimate of drug-likeness (QED) is 0.280. The molecule has 0 bridgehead atoms. The van der Waals surface area contributed by atoms with Crippen molar-refractivity contribution in [2.45, 2.75) is 32.4 Å². The SMILES string of the molecule is CCCNC(=O)[C@@H](Cc1ccccc1)N(Cc1ccc(Br)cc1)C(=O)CN(c1cc(Cl)ccc1OC)S(C)(=O)=O. The van der Waals surface area contributed by atoms with Crippen molar-refractivity contribution in [1.29, 1.82) is 0 Å². The number of carbonyl (C=O) groups is 2. The van der Waals surface area contributed by atoms with Crippen LogP contribution in [0.4, 0.5) is 5.69 Å². The van der Waals surface area contributed by atoms with Gasteiger partial charge in [-0.25, -0.2) is 8.42 Å². The van der Waals surface area contributed by atoms with Gasteiger partial charge in [-0.05, 0) is 47.9 Å². The third-order valence-corrected chi connectivity index (χ3v) is 8.07. The zero-order valence-electron chi connectivity index (χ0n) is 22.6. The number of nitrogens with zero attached hydrogens (tertiary/aromatic N) is 2. The Hall–Kier alpha value is -3.08. The maximum Gasteiger partial charge on any atom is 0.244 e. The van der Waals surface area contributed by atoms with Gasteiger partial charge in [-0.1, -0.05) is 76.9 Å². The summed E-state index contributed by atoms with van der Waals surface area (Å²) in [6, 6.07) is 20.4. The Morgan fingerprint density at radius 3 is 2.30 bits per heavy atom. The van der Waals surface area contributed by atoms with Crippen molar-refractivity contribution in [1.82, 2.24) is 10.2 Å². The summed E-state index contributed by atoms with van der Waals surface area (Å²) in [7, 11) is -2.55. The first kappa shape index (κ1) is 31.4. The Balaban J connectivity index is 2.08. The van der Waals surface area contributed by atoms with Crippen molar-refractivity contribution in [3.05, 3.63) is 93.4 Å². The van der Waals surface area contributed by atoms with Crippen molar-refractivity contribution in [3.8, 4) is 5.75 Å². The normalized spacial score (nSPS) is 11.9. The predicted molar refractivity (Wildman–Crippen MR) is 162 cm³/mol. The van der Waals surface area contributed by atoms with Gasteiger partial charge in [-0.3, -0.25) is 13.9 Å². The first-order valence-electron chi connectivity index (χ1n) is 12.7. The van der Waals surface area contributed by atoms with Gasteiger partial charge >= 0.3 is 0 Å². The van der Waals surface area contributed by atoms with Crippen LogP contribution in [0.2, 0.25) is 5.02 Å². The van der Waals surface area contributed by atoms with Gasteiger partial charge in [0.1, 0.15) is 18.3 Å². The number of carbonyl (C=O) groups excluding carboxylic acids is 2. The second-order valence-electron chi connectivity index (χ2n) is 9.23. The van der Waals surface area contributed by atoms with Gasteiger partial charge in [-0.15, -0.1) is 0 Å². The first-order valence-corrected chi connectivity index (χ1v) is 15.7. The third-order valence-electron chi connectivity index (χ3n) is 6.18. The van der Waals surface area contributed by atoms with E-state index < -0.39 is 28.5 Å². The molecule has 11 heteroatoms. The lowest BCUT2D eigenvalue weighted by molar-refractivity contribution is -0.140. The van der Waals surface area contributed by atoms with E-state index in [0.29, 0.717) is 6.54 Å². The molecule has 0 spiro atoms. The fourth-order valence-corrected chi connectivity index (χ4v) is 5.43. The topological polar surface area (TPSA) is 96.0 Å². The van der Waals surface area contributed by atoms with E-state index in [2.05, 4.69) is 21.2 Å². The van der Waals surface area contributed by atoms with Crippen molar-refractivity contribution in [2.75, 3.05) is 30.8 Å². The summed E-state index contributed by atoms with van der Waals surface area (Å²) in [6.45, 7) is 1.92. The largest absolute Gasteiger partial charge is 0.495 e. The molecule has 0 aromatic heterocycles. The van der Waals surface area contributed by atoms with Gasteiger partial charge in [0.25, 0.3) is 0 Å². The number of rotatable bonds is 13. The van der Waals surface area contributed by atoms with E-state index in [1.165, 1.54) is 24.1 Å². The number of halogens is 2. The Kier molecular flexibility index (Phi) is 11.4. The molecule has 0 fully saturated rings. The second-order valence-corrected chi connectivity index (χ2v) is 12.5. The van der Waals surface area contributed by atoms with Gasteiger partial charge in [-0.2, -0.15) is 0 Å². The lowest BCUT2D eigenvalue weighted by atomic mass is 10.0. The van der Waals surface area contributed by atoms with E-state index in [9.17, 15) is 18.0 Å². The fraction of sp³-hybridized carbons (Fsp3) is 0.310. The number of methoxy groups -OCH3 is 1. The van der Waals surface area contributed by atoms with Crippen LogP contribution in [-0.4, -0.2) is 57.6 Å². The van der Waals surface area contributed by atoms with E-state index >= 15 is 0 Å². The number of nitrogens with one attached hydrogen (secondary N) is 1. The number of amides is 2. The molecule has 214 valence electrons. The van der Waals surface area contributed by atoms with Crippen molar-refractivity contribution in [3.63, 3.8) is 0 Å². The Morgan fingerprint density at radius 1 is 1.02 bits per heavy atom. The Labute approximate surface area is 249 Å². The molecule has 0 heterocycles. The highest BCUT2D eigenvalue weighted by atomic mass is 79.9. The molecular formula is C29H33BrClN3O5S. The van der Waals surface area contributed by atoms with Crippen LogP contribution < -0.4 is 14.4 Å². The molecule has 8 nitrogen and oxygen atoms in total. The van der Waals surface area contributed by atoms with Crippen molar-refractivity contribution < 1.29 is 22.7 Å². The van der Waals surface area contributed by atoms with E-state index in [-0.39, 0.29) is 35.3 Å². The van der Waals surface area contributed by atoms with Crippen LogP contribution in [0.1, 0.15) is 24.5 Å². The molecule has 0 radical (unpaired) electrons. The molecule has 3 aromatic carbocycles. The minimum Gasteiger partial charge on any atom is -0.495 e. The van der Waals surface area contributed by atoms with Crippen LogP contribution in [0.25, 0.3) is 0 Å². The van der Waals surface area contributed by atoms with Gasteiger partial charge in [0.2, 0.25) is 21.8 Å². The van der Waals surface area contributed by atoms with Crippen LogP contribution >= 0.6 is 27.5 Å². The van der Waals surface area contributed by atoms with Crippen molar-refractivity contribution >= 4 is 55.1 Å². The summed E-state index contributed by atoms with van der Waals surface area (Å²) in [5, 5.41) is 3.20. The monoisotopic (exact) mass is 649 g/mol. The first-order chi connectivity index (χ1) is 19.0. The van der Waals surface area contributed by atoms with Crippen LogP contribution in [0.15, 0.2) is 77.3 Å². The molecule has 3 rings (SSSR count). The highest BCUT2D eigenvalue weighted by molar-refractivity contribution is 9.10. The molecule has 40 heavy (non-hydrogen) atoms. The lowest BCUT2D eigenvalue weighted by Crippen LogP contribution is -2.53. The highest BCUT2D eigenvalue weighted by Gasteiger charge is 2.33. The molecule has 1 N–H and O–H groups in total. The maximum atomic E-state index is 14.1. The summed E-state index contributed by atoms with van der Waals surface area (Å²) in [6.07, 6.45) is 1.98. The van der Waals surface area contributed by atoms with Gasteiger partial charge < -0.3 is 15.0 Å². The van der Waals surface area contributed by atoms with E-state index in [0.717, 1.165) is 32.6 Å². The molecule has 0 aliphatic carbocycles. The van der Waals surface area contributed by atoms with Gasteiger partial charge in [0.15, 0.2) is 0 Å². The summed E-state index contributed by atoms with van der Waals surface area (Å²) < 4.78 is 33.1. The van der Waals surface area contributed by atoms with Crippen LogP contribution in [0, 0.1) is 0 Å². The van der Waals surface area contributed by atoms with E-state index in [1.54, 1.807) is 6.07 Å². The molecule has 0 aliphatic heterocycles. The molecular weight excluding hydrogens is 618 g/mol. The molecule has 2 amide bonds. The van der Waals surface area contributed by atoms with Gasteiger partial charge in [0.05, 0.1) is 19.1 Å². The van der Waals surface area contributed by atoms with Crippen LogP contribution in [0.3, 0.4) is 0 Å². The minimum atomic E-state index is -3.95. The molecule has 0 saturated carbocycles. The number of benzene rings is 3.